The van der Waals surface area contributed by atoms with Gasteiger partial charge in [-0.05, 0) is 54.2 Å². The van der Waals surface area contributed by atoms with Crippen molar-refractivity contribution in [2.24, 2.45) is 0 Å². The van der Waals surface area contributed by atoms with Crippen molar-refractivity contribution in [3.8, 4) is 16.9 Å². The summed E-state index contributed by atoms with van der Waals surface area (Å²) >= 11 is 0. The molecule has 32 heavy (non-hydrogen) atoms. The number of methoxy groups -OCH3 is 1. The summed E-state index contributed by atoms with van der Waals surface area (Å²) in [5.74, 6) is 0.962. The van der Waals surface area contributed by atoms with E-state index in [0.717, 1.165) is 43.8 Å². The number of benzene rings is 3. The lowest BCUT2D eigenvalue weighted by molar-refractivity contribution is -0.131. The van der Waals surface area contributed by atoms with Gasteiger partial charge in [0.1, 0.15) is 5.75 Å². The van der Waals surface area contributed by atoms with Gasteiger partial charge in [0.15, 0.2) is 0 Å². The summed E-state index contributed by atoms with van der Waals surface area (Å²) in [5.41, 5.74) is 6.09. The highest BCUT2D eigenvalue weighted by atomic mass is 16.5. The minimum absolute atomic E-state index is 0.180. The number of para-hydroxylation sites is 1. The van der Waals surface area contributed by atoms with Gasteiger partial charge in [0, 0.05) is 31.2 Å². The van der Waals surface area contributed by atoms with Gasteiger partial charge in [-0.25, -0.2) is 0 Å². The maximum Gasteiger partial charge on any atom is 0.227 e. The molecule has 0 spiro atoms. The van der Waals surface area contributed by atoms with Gasteiger partial charge in [0.25, 0.3) is 0 Å². The highest BCUT2D eigenvalue weighted by Gasteiger charge is 2.23. The van der Waals surface area contributed by atoms with Gasteiger partial charge in [-0.2, -0.15) is 0 Å². The number of piperidine rings is 1. The fourth-order valence-electron chi connectivity index (χ4n) is 4.46. The quantitative estimate of drug-likeness (QED) is 0.576. The molecular formula is C28H32N2O2. The maximum absolute atomic E-state index is 12.8. The number of likely N-dealkylation sites (tertiary alicyclic amines) is 1. The zero-order valence-corrected chi connectivity index (χ0v) is 19.0. The average molecular weight is 429 g/mol. The fourth-order valence-corrected chi connectivity index (χ4v) is 4.46. The molecule has 3 aromatic rings. The van der Waals surface area contributed by atoms with E-state index in [9.17, 15) is 4.79 Å². The highest BCUT2D eigenvalue weighted by Crippen LogP contribution is 2.24. The molecule has 4 heteroatoms. The number of ether oxygens (including phenoxy) is 1. The number of rotatable bonds is 7. The molecule has 1 fully saturated rings. The molecule has 0 aromatic heterocycles. The lowest BCUT2D eigenvalue weighted by Crippen LogP contribution is -2.45. The Morgan fingerprint density at radius 1 is 1.00 bits per heavy atom. The first-order valence-corrected chi connectivity index (χ1v) is 11.4. The monoisotopic (exact) mass is 428 g/mol. The molecule has 0 bridgehead atoms. The van der Waals surface area contributed by atoms with E-state index < -0.39 is 0 Å². The zero-order chi connectivity index (χ0) is 22.3. The SMILES string of the molecule is COc1ccccc1CC(=O)N1CCC(NCc2cccc(-c3ccccc3C)c2)CC1. The Labute approximate surface area is 191 Å². The number of aryl methyl sites for hydroxylation is 1. The smallest absolute Gasteiger partial charge is 0.227 e. The summed E-state index contributed by atoms with van der Waals surface area (Å²) in [7, 11) is 1.65. The standard InChI is InChI=1S/C28H32N2O2/c1-21-8-3-5-12-26(21)23-11-7-9-22(18-23)20-29-25-14-16-30(17-15-25)28(31)19-24-10-4-6-13-27(24)32-2/h3-13,18,25,29H,14-17,19-20H2,1-2H3. The molecule has 4 rings (SSSR count). The van der Waals surface area contributed by atoms with Crippen molar-refractivity contribution >= 4 is 5.91 Å². The number of nitrogens with one attached hydrogen (secondary N) is 1. The minimum Gasteiger partial charge on any atom is -0.496 e. The molecule has 0 radical (unpaired) electrons. The lowest BCUT2D eigenvalue weighted by atomic mass is 9.98. The van der Waals surface area contributed by atoms with Crippen molar-refractivity contribution < 1.29 is 9.53 Å². The number of amides is 1. The number of nitrogens with zero attached hydrogens (tertiary/aromatic N) is 1. The predicted molar refractivity (Wildman–Crippen MR) is 130 cm³/mol. The zero-order valence-electron chi connectivity index (χ0n) is 19.0. The van der Waals surface area contributed by atoms with Gasteiger partial charge in [0.05, 0.1) is 13.5 Å². The van der Waals surface area contributed by atoms with Crippen molar-refractivity contribution in [2.45, 2.75) is 38.8 Å². The largest absolute Gasteiger partial charge is 0.496 e. The molecule has 0 atom stereocenters. The first-order chi connectivity index (χ1) is 15.6. The van der Waals surface area contributed by atoms with Gasteiger partial charge in [-0.1, -0.05) is 60.7 Å². The van der Waals surface area contributed by atoms with Crippen LogP contribution >= 0.6 is 0 Å². The van der Waals surface area contributed by atoms with E-state index in [0.29, 0.717) is 12.5 Å². The molecule has 1 N–H and O–H groups in total. The van der Waals surface area contributed by atoms with Crippen molar-refractivity contribution in [2.75, 3.05) is 20.2 Å². The van der Waals surface area contributed by atoms with Gasteiger partial charge in [-0.3, -0.25) is 4.79 Å². The van der Waals surface area contributed by atoms with Crippen molar-refractivity contribution in [3.63, 3.8) is 0 Å². The third-order valence-electron chi connectivity index (χ3n) is 6.36. The van der Waals surface area contributed by atoms with Gasteiger partial charge < -0.3 is 15.0 Å². The molecule has 166 valence electrons. The van der Waals surface area contributed by atoms with Crippen molar-refractivity contribution in [3.05, 3.63) is 89.5 Å². The van der Waals surface area contributed by atoms with Crippen LogP contribution in [-0.4, -0.2) is 37.0 Å². The van der Waals surface area contributed by atoms with E-state index in [4.69, 9.17) is 4.74 Å². The third-order valence-corrected chi connectivity index (χ3v) is 6.36. The summed E-state index contributed by atoms with van der Waals surface area (Å²) in [6.07, 6.45) is 2.36. The topological polar surface area (TPSA) is 41.6 Å². The lowest BCUT2D eigenvalue weighted by Gasteiger charge is -2.32. The van der Waals surface area contributed by atoms with Crippen LogP contribution < -0.4 is 10.1 Å². The fraction of sp³-hybridized carbons (Fsp3) is 0.321. The van der Waals surface area contributed by atoms with Gasteiger partial charge >= 0.3 is 0 Å². The average Bonchev–Trinajstić information content (AvgIpc) is 2.84. The molecule has 1 aliphatic rings. The van der Waals surface area contributed by atoms with Crippen LogP contribution in [0.1, 0.15) is 29.5 Å². The summed E-state index contributed by atoms with van der Waals surface area (Å²) in [6, 6.07) is 25.5. The van der Waals surface area contributed by atoms with E-state index in [1.54, 1.807) is 7.11 Å². The molecule has 4 nitrogen and oxygen atoms in total. The molecule has 1 aliphatic heterocycles. The Hall–Kier alpha value is -3.11. The Morgan fingerprint density at radius 3 is 2.53 bits per heavy atom. The summed E-state index contributed by atoms with van der Waals surface area (Å²) < 4.78 is 5.39. The molecular weight excluding hydrogens is 396 g/mol. The number of carbonyl (C=O) groups excluding carboxylic acids is 1. The van der Waals surface area contributed by atoms with E-state index >= 15 is 0 Å². The van der Waals surface area contributed by atoms with Crippen LogP contribution in [0.5, 0.6) is 5.75 Å². The van der Waals surface area contributed by atoms with E-state index in [1.165, 1.54) is 22.3 Å². The second-order valence-electron chi connectivity index (χ2n) is 8.54. The predicted octanol–water partition coefficient (Wildman–Crippen LogP) is 4.99. The van der Waals surface area contributed by atoms with E-state index in [-0.39, 0.29) is 5.91 Å². The Kier molecular flexibility index (Phi) is 7.23. The molecule has 0 aliphatic carbocycles. The van der Waals surface area contributed by atoms with Crippen LogP contribution in [-0.2, 0) is 17.8 Å². The number of carbonyl (C=O) groups is 1. The van der Waals surface area contributed by atoms with Crippen molar-refractivity contribution in [1.29, 1.82) is 0 Å². The van der Waals surface area contributed by atoms with Crippen LogP contribution in [0.3, 0.4) is 0 Å². The third kappa shape index (κ3) is 5.38. The first kappa shape index (κ1) is 22.1. The molecule has 1 heterocycles. The molecule has 1 saturated heterocycles. The maximum atomic E-state index is 12.8. The van der Waals surface area contributed by atoms with Crippen LogP contribution in [0.2, 0.25) is 0 Å². The Bertz CT molecular complexity index is 1050. The van der Waals surface area contributed by atoms with Gasteiger partial charge in [0.2, 0.25) is 5.91 Å². The van der Waals surface area contributed by atoms with Gasteiger partial charge in [-0.15, -0.1) is 0 Å². The van der Waals surface area contributed by atoms with E-state index in [2.05, 4.69) is 60.8 Å². The Morgan fingerprint density at radius 2 is 1.75 bits per heavy atom. The van der Waals surface area contributed by atoms with Crippen LogP contribution in [0.4, 0.5) is 0 Å². The summed E-state index contributed by atoms with van der Waals surface area (Å²) in [6.45, 7) is 4.60. The second-order valence-corrected chi connectivity index (χ2v) is 8.54. The molecule has 0 saturated carbocycles. The van der Waals surface area contributed by atoms with Crippen LogP contribution in [0.15, 0.2) is 72.8 Å². The summed E-state index contributed by atoms with van der Waals surface area (Å²) in [5, 5.41) is 3.70. The summed E-state index contributed by atoms with van der Waals surface area (Å²) in [4.78, 5) is 14.8. The number of hydrogen-bond donors (Lipinski definition) is 1. The Balaban J connectivity index is 1.28. The van der Waals surface area contributed by atoms with E-state index in [1.807, 2.05) is 29.2 Å². The van der Waals surface area contributed by atoms with Crippen LogP contribution in [0, 0.1) is 6.92 Å². The number of hydrogen-bond acceptors (Lipinski definition) is 3. The molecule has 0 unspecified atom stereocenters. The normalized spacial score (nSPS) is 14.4. The molecule has 3 aromatic carbocycles. The first-order valence-electron chi connectivity index (χ1n) is 11.4. The minimum atomic E-state index is 0.180. The molecule has 1 amide bonds. The van der Waals surface area contributed by atoms with Crippen LogP contribution in [0.25, 0.3) is 11.1 Å². The highest BCUT2D eigenvalue weighted by molar-refractivity contribution is 5.79. The van der Waals surface area contributed by atoms with Crippen molar-refractivity contribution in [1.82, 2.24) is 10.2 Å². The second kappa shape index (κ2) is 10.5.